The highest BCUT2D eigenvalue weighted by Crippen LogP contribution is 2.15. The van der Waals surface area contributed by atoms with Crippen LogP contribution in [0.5, 0.6) is 0 Å². The highest BCUT2D eigenvalue weighted by Gasteiger charge is 2.23. The quantitative estimate of drug-likeness (QED) is 0.368. The molecule has 0 aliphatic carbocycles. The number of piperidine rings is 1. The molecule has 1 atom stereocenters. The van der Waals surface area contributed by atoms with E-state index in [1.165, 1.54) is 0 Å². The Labute approximate surface area is 184 Å². The summed E-state index contributed by atoms with van der Waals surface area (Å²) in [6.45, 7) is 2.89. The number of guanidine groups is 1. The molecule has 0 spiro atoms. The van der Waals surface area contributed by atoms with E-state index in [-0.39, 0.29) is 41.8 Å². The van der Waals surface area contributed by atoms with Crippen molar-refractivity contribution in [1.82, 2.24) is 20.4 Å². The number of amides is 2. The Morgan fingerprint density at radius 3 is 2.68 bits per heavy atom. The maximum Gasteiger partial charge on any atom is 0.222 e. The molecule has 0 radical (unpaired) electrons. The number of benzene rings is 1. The number of nitrogens with one attached hydrogen (secondary N) is 2. The summed E-state index contributed by atoms with van der Waals surface area (Å²) < 4.78 is 0. The number of rotatable bonds is 5. The maximum atomic E-state index is 11.8. The third kappa shape index (κ3) is 6.08. The van der Waals surface area contributed by atoms with E-state index < -0.39 is 0 Å². The molecule has 2 heterocycles. The summed E-state index contributed by atoms with van der Waals surface area (Å²) >= 11 is 0. The van der Waals surface area contributed by atoms with Crippen molar-refractivity contribution in [1.29, 1.82) is 0 Å². The van der Waals surface area contributed by atoms with Crippen LogP contribution in [0.3, 0.4) is 0 Å². The number of nitrogens with zero attached hydrogens (tertiary/aromatic N) is 3. The van der Waals surface area contributed by atoms with Crippen molar-refractivity contribution in [3.63, 3.8) is 0 Å². The molecule has 0 saturated carbocycles. The predicted molar refractivity (Wildman–Crippen MR) is 121 cm³/mol. The molecule has 2 N–H and O–H groups in total. The molecule has 1 aromatic carbocycles. The SMILES string of the molecule is CN=C(NCc1cccc(CN2CCCC2=O)c1)NC1CCC(=O)N(C)C1.I. The second kappa shape index (κ2) is 10.6. The van der Waals surface area contributed by atoms with Crippen LogP contribution < -0.4 is 10.6 Å². The van der Waals surface area contributed by atoms with Crippen molar-refractivity contribution in [3.05, 3.63) is 35.4 Å². The summed E-state index contributed by atoms with van der Waals surface area (Å²) in [5.41, 5.74) is 2.30. The fraction of sp³-hybridized carbons (Fsp3) is 0.550. The van der Waals surface area contributed by atoms with E-state index in [0.717, 1.165) is 36.5 Å². The molecule has 2 fully saturated rings. The normalized spacial score (nSPS) is 20.2. The van der Waals surface area contributed by atoms with Gasteiger partial charge in [0, 0.05) is 59.2 Å². The molecule has 2 amide bonds. The van der Waals surface area contributed by atoms with E-state index in [2.05, 4.69) is 33.8 Å². The van der Waals surface area contributed by atoms with Gasteiger partial charge in [-0.1, -0.05) is 24.3 Å². The van der Waals surface area contributed by atoms with Crippen molar-refractivity contribution in [2.75, 3.05) is 27.2 Å². The van der Waals surface area contributed by atoms with Crippen LogP contribution in [0.25, 0.3) is 0 Å². The van der Waals surface area contributed by atoms with Crippen molar-refractivity contribution in [2.24, 2.45) is 4.99 Å². The third-order valence-corrected chi connectivity index (χ3v) is 5.19. The van der Waals surface area contributed by atoms with E-state index in [1.807, 2.05) is 18.0 Å². The van der Waals surface area contributed by atoms with Crippen LogP contribution in [-0.2, 0) is 22.7 Å². The number of hydrogen-bond donors (Lipinski definition) is 2. The average Bonchev–Trinajstić information content (AvgIpc) is 3.06. The summed E-state index contributed by atoms with van der Waals surface area (Å²) in [5, 5.41) is 6.74. The average molecular weight is 499 g/mol. The smallest absolute Gasteiger partial charge is 0.222 e. The first-order chi connectivity index (χ1) is 13.0. The van der Waals surface area contributed by atoms with Gasteiger partial charge in [0.25, 0.3) is 0 Å². The fourth-order valence-electron chi connectivity index (χ4n) is 3.63. The summed E-state index contributed by atoms with van der Waals surface area (Å²) in [6.07, 6.45) is 3.03. The second-order valence-corrected chi connectivity index (χ2v) is 7.32. The molecule has 154 valence electrons. The number of halogens is 1. The summed E-state index contributed by atoms with van der Waals surface area (Å²) in [7, 11) is 3.59. The second-order valence-electron chi connectivity index (χ2n) is 7.32. The molecule has 8 heteroatoms. The van der Waals surface area contributed by atoms with Crippen molar-refractivity contribution in [2.45, 2.75) is 44.8 Å². The van der Waals surface area contributed by atoms with Gasteiger partial charge in [0.2, 0.25) is 11.8 Å². The Balaban J connectivity index is 0.00000280. The van der Waals surface area contributed by atoms with Gasteiger partial charge in [0.1, 0.15) is 0 Å². The molecule has 2 saturated heterocycles. The molecule has 0 bridgehead atoms. The van der Waals surface area contributed by atoms with Gasteiger partial charge in [-0.3, -0.25) is 14.6 Å². The minimum Gasteiger partial charge on any atom is -0.352 e. The number of carbonyl (C=O) groups is 2. The molecule has 2 aliphatic heterocycles. The Kier molecular flexibility index (Phi) is 8.53. The van der Waals surface area contributed by atoms with Crippen LogP contribution in [0.15, 0.2) is 29.3 Å². The van der Waals surface area contributed by atoms with Crippen molar-refractivity contribution < 1.29 is 9.59 Å². The lowest BCUT2D eigenvalue weighted by molar-refractivity contribution is -0.132. The lowest BCUT2D eigenvalue weighted by Gasteiger charge is -2.31. The molecule has 28 heavy (non-hydrogen) atoms. The Morgan fingerprint density at radius 1 is 1.21 bits per heavy atom. The topological polar surface area (TPSA) is 77.0 Å². The minimum atomic E-state index is 0. The van der Waals surface area contributed by atoms with Gasteiger partial charge in [-0.2, -0.15) is 0 Å². The summed E-state index contributed by atoms with van der Waals surface area (Å²) in [6, 6.07) is 8.52. The monoisotopic (exact) mass is 499 g/mol. The maximum absolute atomic E-state index is 11.8. The Morgan fingerprint density at radius 2 is 2.00 bits per heavy atom. The number of carbonyl (C=O) groups excluding carboxylic acids is 2. The Hall–Kier alpha value is -1.84. The summed E-state index contributed by atoms with van der Waals surface area (Å²) in [5.74, 6) is 1.19. The molecule has 0 aromatic heterocycles. The highest BCUT2D eigenvalue weighted by atomic mass is 127. The van der Waals surface area contributed by atoms with Gasteiger partial charge in [0.05, 0.1) is 0 Å². The van der Waals surface area contributed by atoms with Gasteiger partial charge >= 0.3 is 0 Å². The number of aliphatic imine (C=N–C) groups is 1. The van der Waals surface area contributed by atoms with Crippen LogP contribution in [0, 0.1) is 0 Å². The molecule has 3 rings (SSSR count). The zero-order valence-electron chi connectivity index (χ0n) is 16.6. The van der Waals surface area contributed by atoms with Crippen LogP contribution in [-0.4, -0.2) is 60.8 Å². The Bertz CT molecular complexity index is 724. The highest BCUT2D eigenvalue weighted by molar-refractivity contribution is 14.0. The first-order valence-corrected chi connectivity index (χ1v) is 9.62. The predicted octanol–water partition coefficient (Wildman–Crippen LogP) is 1.71. The zero-order valence-corrected chi connectivity index (χ0v) is 18.9. The first-order valence-electron chi connectivity index (χ1n) is 9.62. The first kappa shape index (κ1) is 22.4. The molecule has 1 unspecified atom stereocenters. The van der Waals surface area contributed by atoms with E-state index in [0.29, 0.717) is 32.5 Å². The lowest BCUT2D eigenvalue weighted by Crippen LogP contribution is -2.51. The van der Waals surface area contributed by atoms with E-state index >= 15 is 0 Å². The van der Waals surface area contributed by atoms with Gasteiger partial charge in [-0.05, 0) is 24.0 Å². The van der Waals surface area contributed by atoms with Gasteiger partial charge in [0.15, 0.2) is 5.96 Å². The zero-order chi connectivity index (χ0) is 19.2. The van der Waals surface area contributed by atoms with Crippen LogP contribution in [0.1, 0.15) is 36.8 Å². The van der Waals surface area contributed by atoms with Crippen LogP contribution in [0.2, 0.25) is 0 Å². The number of likely N-dealkylation sites (tertiary alicyclic amines) is 2. The van der Waals surface area contributed by atoms with Crippen molar-refractivity contribution in [3.8, 4) is 0 Å². The van der Waals surface area contributed by atoms with Crippen LogP contribution >= 0.6 is 24.0 Å². The van der Waals surface area contributed by atoms with E-state index in [9.17, 15) is 9.59 Å². The minimum absolute atomic E-state index is 0. The standard InChI is InChI=1S/C20H29N5O2.HI/c1-21-20(23-17-8-9-18(26)24(2)14-17)22-12-15-5-3-6-16(11-15)13-25-10-4-7-19(25)27;/h3,5-6,11,17H,4,7-10,12-14H2,1-2H3,(H2,21,22,23);1H. The van der Waals surface area contributed by atoms with Gasteiger partial charge in [-0.25, -0.2) is 0 Å². The molecular formula is C20H30IN5O2. The van der Waals surface area contributed by atoms with Crippen molar-refractivity contribution >= 4 is 41.8 Å². The number of hydrogen-bond acceptors (Lipinski definition) is 3. The van der Waals surface area contributed by atoms with Gasteiger partial charge in [-0.15, -0.1) is 24.0 Å². The molecule has 7 nitrogen and oxygen atoms in total. The third-order valence-electron chi connectivity index (χ3n) is 5.19. The molecule has 2 aliphatic rings. The molecular weight excluding hydrogens is 469 g/mol. The van der Waals surface area contributed by atoms with Crippen LogP contribution in [0.4, 0.5) is 0 Å². The van der Waals surface area contributed by atoms with E-state index in [4.69, 9.17) is 0 Å². The largest absolute Gasteiger partial charge is 0.352 e. The lowest BCUT2D eigenvalue weighted by atomic mass is 10.1. The number of likely N-dealkylation sites (N-methyl/N-ethyl adjacent to an activating group) is 1. The van der Waals surface area contributed by atoms with Gasteiger partial charge < -0.3 is 20.4 Å². The van der Waals surface area contributed by atoms with E-state index in [1.54, 1.807) is 11.9 Å². The molecule has 1 aromatic rings. The fourth-order valence-corrected chi connectivity index (χ4v) is 3.63. The summed E-state index contributed by atoms with van der Waals surface area (Å²) in [4.78, 5) is 31.4.